The molecule has 0 atom stereocenters. The first kappa shape index (κ1) is 10.7. The summed E-state index contributed by atoms with van der Waals surface area (Å²) >= 11 is 0. The van der Waals surface area contributed by atoms with Gasteiger partial charge in [-0.05, 0) is 6.92 Å². The third kappa shape index (κ3) is 1.68. The average Bonchev–Trinajstić information content (AvgIpc) is 2.69. The molecule has 16 heavy (non-hydrogen) atoms. The Balaban J connectivity index is 2.55. The van der Waals surface area contributed by atoms with E-state index in [4.69, 9.17) is 14.2 Å². The molecule has 1 heterocycles. The van der Waals surface area contributed by atoms with Crippen molar-refractivity contribution in [1.82, 2.24) is 0 Å². The molecule has 0 saturated carbocycles. The van der Waals surface area contributed by atoms with Crippen molar-refractivity contribution in [2.24, 2.45) is 0 Å². The number of ketones is 1. The zero-order valence-corrected chi connectivity index (χ0v) is 9.00. The van der Waals surface area contributed by atoms with Gasteiger partial charge in [0.05, 0.1) is 7.11 Å². The maximum Gasteiger partial charge on any atom is 0.231 e. The van der Waals surface area contributed by atoms with Crippen LogP contribution in [-0.4, -0.2) is 19.7 Å². The molecule has 1 aromatic carbocycles. The van der Waals surface area contributed by atoms with Crippen LogP contribution in [0.15, 0.2) is 6.07 Å². The number of ether oxygens (including phenoxy) is 3. The van der Waals surface area contributed by atoms with Crippen LogP contribution in [0.4, 0.5) is 4.39 Å². The molecule has 0 bridgehead atoms. The molecule has 0 aromatic heterocycles. The van der Waals surface area contributed by atoms with Gasteiger partial charge in [-0.15, -0.1) is 0 Å². The third-order valence-electron chi connectivity index (χ3n) is 2.30. The van der Waals surface area contributed by atoms with Gasteiger partial charge in [-0.3, -0.25) is 4.79 Å². The van der Waals surface area contributed by atoms with Crippen LogP contribution in [0.1, 0.15) is 12.5 Å². The van der Waals surface area contributed by atoms with Crippen LogP contribution in [0.5, 0.6) is 17.2 Å². The van der Waals surface area contributed by atoms with Crippen LogP contribution >= 0.6 is 0 Å². The first-order valence-electron chi connectivity index (χ1n) is 4.78. The predicted octanol–water partition coefficient (Wildman–Crippen LogP) is 1.69. The fraction of sp³-hybridized carbons (Fsp3) is 0.364. The molecule has 0 radical (unpaired) electrons. The summed E-state index contributed by atoms with van der Waals surface area (Å²) in [5.41, 5.74) is 0.194. The van der Waals surface area contributed by atoms with E-state index >= 15 is 0 Å². The second kappa shape index (κ2) is 4.00. The van der Waals surface area contributed by atoms with Crippen molar-refractivity contribution in [1.29, 1.82) is 0 Å². The molecule has 0 N–H and O–H groups in total. The summed E-state index contributed by atoms with van der Waals surface area (Å²) in [6.07, 6.45) is -0.0330. The first-order chi connectivity index (χ1) is 7.63. The predicted molar refractivity (Wildman–Crippen MR) is 53.5 cm³/mol. The standard InChI is InChI=1S/C11H11FO4/c1-6(13)3-7-10(12)8(14-2)4-9-11(7)16-5-15-9/h4H,3,5H2,1-2H3. The molecule has 86 valence electrons. The maximum atomic E-state index is 13.9. The van der Waals surface area contributed by atoms with E-state index in [1.807, 2.05) is 0 Å². The van der Waals surface area contributed by atoms with Crippen molar-refractivity contribution in [2.75, 3.05) is 13.9 Å². The topological polar surface area (TPSA) is 44.8 Å². The molecular formula is C11H11FO4. The Kier molecular flexibility index (Phi) is 2.68. The lowest BCUT2D eigenvalue weighted by Crippen LogP contribution is -2.03. The number of carbonyl (C=O) groups is 1. The number of Topliss-reactive ketones (excluding diaryl/α,β-unsaturated/α-hetero) is 1. The Hall–Kier alpha value is -1.78. The van der Waals surface area contributed by atoms with Crippen LogP contribution in [0.25, 0.3) is 0 Å². The zero-order chi connectivity index (χ0) is 11.7. The summed E-state index contributed by atoms with van der Waals surface area (Å²) in [4.78, 5) is 11.1. The Morgan fingerprint density at radius 2 is 2.31 bits per heavy atom. The molecule has 0 fully saturated rings. The number of fused-ring (bicyclic) bond motifs is 1. The minimum absolute atomic E-state index is 0.0330. The van der Waals surface area contributed by atoms with Gasteiger partial charge in [0.1, 0.15) is 5.78 Å². The molecule has 1 aliphatic rings. The smallest absolute Gasteiger partial charge is 0.231 e. The Bertz CT molecular complexity index is 441. The zero-order valence-electron chi connectivity index (χ0n) is 9.00. The molecule has 1 aromatic rings. The largest absolute Gasteiger partial charge is 0.494 e. The quantitative estimate of drug-likeness (QED) is 0.786. The van der Waals surface area contributed by atoms with Crippen LogP contribution in [0.2, 0.25) is 0 Å². The monoisotopic (exact) mass is 226 g/mol. The summed E-state index contributed by atoms with van der Waals surface area (Å²) in [6.45, 7) is 1.42. The highest BCUT2D eigenvalue weighted by atomic mass is 19.1. The van der Waals surface area contributed by atoms with Crippen molar-refractivity contribution in [2.45, 2.75) is 13.3 Å². The fourth-order valence-electron chi connectivity index (χ4n) is 1.62. The number of halogens is 1. The maximum absolute atomic E-state index is 13.9. The van der Waals surface area contributed by atoms with Gasteiger partial charge < -0.3 is 14.2 Å². The third-order valence-corrected chi connectivity index (χ3v) is 2.30. The summed E-state index contributed by atoms with van der Waals surface area (Å²) in [6, 6.07) is 1.42. The lowest BCUT2D eigenvalue weighted by atomic mass is 10.1. The number of methoxy groups -OCH3 is 1. The van der Waals surface area contributed by atoms with E-state index in [1.54, 1.807) is 0 Å². The van der Waals surface area contributed by atoms with Crippen molar-refractivity contribution in [3.8, 4) is 17.2 Å². The lowest BCUT2D eigenvalue weighted by molar-refractivity contribution is -0.116. The van der Waals surface area contributed by atoms with Crippen molar-refractivity contribution in [3.63, 3.8) is 0 Å². The Morgan fingerprint density at radius 3 is 2.94 bits per heavy atom. The second-order valence-electron chi connectivity index (χ2n) is 3.48. The summed E-state index contributed by atoms with van der Waals surface area (Å²) < 4.78 is 29.0. The van der Waals surface area contributed by atoms with Gasteiger partial charge in [-0.2, -0.15) is 0 Å². The number of rotatable bonds is 3. The molecule has 0 aliphatic carbocycles. The van der Waals surface area contributed by atoms with E-state index < -0.39 is 5.82 Å². The minimum atomic E-state index is -0.568. The summed E-state index contributed by atoms with van der Waals surface area (Å²) in [5, 5.41) is 0. The van der Waals surface area contributed by atoms with Crippen molar-refractivity contribution < 1.29 is 23.4 Å². The molecule has 0 spiro atoms. The number of carbonyl (C=O) groups excluding carboxylic acids is 1. The van der Waals surface area contributed by atoms with Crippen molar-refractivity contribution >= 4 is 5.78 Å². The highest BCUT2D eigenvalue weighted by molar-refractivity contribution is 5.80. The molecule has 4 nitrogen and oxygen atoms in total. The first-order valence-corrected chi connectivity index (χ1v) is 4.78. The highest BCUT2D eigenvalue weighted by Gasteiger charge is 2.25. The average molecular weight is 226 g/mol. The number of hydrogen-bond acceptors (Lipinski definition) is 4. The second-order valence-corrected chi connectivity index (χ2v) is 3.48. The lowest BCUT2D eigenvalue weighted by Gasteiger charge is -2.09. The molecule has 1 aliphatic heterocycles. The van der Waals surface area contributed by atoms with E-state index in [9.17, 15) is 9.18 Å². The van der Waals surface area contributed by atoms with Gasteiger partial charge >= 0.3 is 0 Å². The molecule has 5 heteroatoms. The van der Waals surface area contributed by atoms with E-state index in [0.29, 0.717) is 11.5 Å². The molecule has 0 saturated heterocycles. The molecular weight excluding hydrogens is 215 g/mol. The molecule has 0 amide bonds. The van der Waals surface area contributed by atoms with E-state index in [2.05, 4.69) is 0 Å². The van der Waals surface area contributed by atoms with E-state index in [-0.39, 0.29) is 30.3 Å². The minimum Gasteiger partial charge on any atom is -0.494 e. The van der Waals surface area contributed by atoms with Crippen molar-refractivity contribution in [3.05, 3.63) is 17.4 Å². The van der Waals surface area contributed by atoms with Gasteiger partial charge in [0.25, 0.3) is 0 Å². The SMILES string of the molecule is COc1cc2c(c(CC(C)=O)c1F)OCO2. The van der Waals surface area contributed by atoms with Crippen LogP contribution in [0, 0.1) is 5.82 Å². The van der Waals surface area contributed by atoms with Crippen LogP contribution in [-0.2, 0) is 11.2 Å². The summed E-state index contributed by atoms with van der Waals surface area (Å²) in [7, 11) is 1.36. The number of hydrogen-bond donors (Lipinski definition) is 0. The highest BCUT2D eigenvalue weighted by Crippen LogP contribution is 2.41. The van der Waals surface area contributed by atoms with Gasteiger partial charge in [-0.1, -0.05) is 0 Å². The van der Waals surface area contributed by atoms with Gasteiger partial charge in [0, 0.05) is 18.1 Å². The summed E-state index contributed by atoms with van der Waals surface area (Å²) in [5.74, 6) is 0.0512. The van der Waals surface area contributed by atoms with Crippen LogP contribution in [0.3, 0.4) is 0 Å². The fourth-order valence-corrected chi connectivity index (χ4v) is 1.62. The van der Waals surface area contributed by atoms with Gasteiger partial charge in [0.15, 0.2) is 23.1 Å². The molecule has 0 unspecified atom stereocenters. The van der Waals surface area contributed by atoms with Crippen LogP contribution < -0.4 is 14.2 Å². The van der Waals surface area contributed by atoms with E-state index in [1.165, 1.54) is 20.1 Å². The van der Waals surface area contributed by atoms with Gasteiger partial charge in [-0.25, -0.2) is 4.39 Å². The number of benzene rings is 1. The van der Waals surface area contributed by atoms with E-state index in [0.717, 1.165) is 0 Å². The Labute approximate surface area is 91.9 Å². The molecule has 2 rings (SSSR count). The Morgan fingerprint density at radius 1 is 1.56 bits per heavy atom. The van der Waals surface area contributed by atoms with Gasteiger partial charge in [0.2, 0.25) is 6.79 Å². The normalized spacial score (nSPS) is 12.7.